The summed E-state index contributed by atoms with van der Waals surface area (Å²) in [5, 5.41) is 8.45. The first-order valence-electron chi connectivity index (χ1n) is 15.7. The third-order valence-electron chi connectivity index (χ3n) is 9.65. The van der Waals surface area contributed by atoms with Crippen LogP contribution in [0.1, 0.15) is 55.4 Å². The standard InChI is InChI=1S/C31H43Br2N7O2S/c32-25-17-21(18-26(33)29(25)34)16-22(19-37-11-4-23(5-12-37)38-9-2-1-3-10-38)35-30(41)39-13-6-24(7-14-39)40-20-28-27(8-15-43-28)36-31(40)42/h8,15,17-18,22-24H,1-7,9-14,16,19-20,34H2,(H,35,41)(H,36,42)/t22-/m1/s1. The van der Waals surface area contributed by atoms with Crippen LogP contribution in [0.4, 0.5) is 21.0 Å². The summed E-state index contributed by atoms with van der Waals surface area (Å²) in [6.07, 6.45) is 8.73. The van der Waals surface area contributed by atoms with Crippen molar-refractivity contribution >= 4 is 66.6 Å². The van der Waals surface area contributed by atoms with Crippen LogP contribution in [0.2, 0.25) is 0 Å². The Morgan fingerprint density at radius 3 is 2.37 bits per heavy atom. The maximum absolute atomic E-state index is 13.6. The lowest BCUT2D eigenvalue weighted by atomic mass is 9.98. The number of hydrogen-bond acceptors (Lipinski definition) is 6. The van der Waals surface area contributed by atoms with E-state index in [0.29, 0.717) is 31.4 Å². The van der Waals surface area contributed by atoms with E-state index in [1.807, 2.05) is 21.2 Å². The number of anilines is 2. The molecule has 0 aliphatic carbocycles. The van der Waals surface area contributed by atoms with E-state index in [1.165, 1.54) is 50.1 Å². The van der Waals surface area contributed by atoms with Crippen molar-refractivity contribution in [1.29, 1.82) is 0 Å². The van der Waals surface area contributed by atoms with Crippen molar-refractivity contribution in [1.82, 2.24) is 24.9 Å². The number of halogens is 2. The number of fused-ring (bicyclic) bond motifs is 1. The predicted molar refractivity (Wildman–Crippen MR) is 181 cm³/mol. The van der Waals surface area contributed by atoms with Crippen molar-refractivity contribution < 1.29 is 9.59 Å². The van der Waals surface area contributed by atoms with E-state index in [1.54, 1.807) is 11.3 Å². The summed E-state index contributed by atoms with van der Waals surface area (Å²) >= 11 is 8.87. The third kappa shape index (κ3) is 7.52. The Balaban J connectivity index is 1.06. The lowest BCUT2D eigenvalue weighted by Crippen LogP contribution is -2.55. The largest absolute Gasteiger partial charge is 0.397 e. The number of nitrogen functional groups attached to an aromatic ring is 1. The van der Waals surface area contributed by atoms with Gasteiger partial charge in [-0.1, -0.05) is 6.42 Å². The van der Waals surface area contributed by atoms with E-state index in [2.05, 4.69) is 64.4 Å². The van der Waals surface area contributed by atoms with Gasteiger partial charge in [-0.2, -0.15) is 0 Å². The van der Waals surface area contributed by atoms with E-state index in [0.717, 1.165) is 59.1 Å². The van der Waals surface area contributed by atoms with Gasteiger partial charge < -0.3 is 36.0 Å². The Bertz CT molecular complexity index is 1260. The average molecular weight is 738 g/mol. The molecule has 0 radical (unpaired) electrons. The fourth-order valence-corrected chi connectivity index (χ4v) is 9.30. The molecule has 4 aliphatic rings. The molecule has 4 amide bonds. The highest BCUT2D eigenvalue weighted by Crippen LogP contribution is 2.32. The van der Waals surface area contributed by atoms with Crippen LogP contribution in [0.3, 0.4) is 0 Å². The Morgan fingerprint density at radius 1 is 1.00 bits per heavy atom. The second-order valence-electron chi connectivity index (χ2n) is 12.5. The number of nitrogens with two attached hydrogens (primary N) is 1. The molecule has 234 valence electrons. The number of nitrogens with zero attached hydrogens (tertiary/aromatic N) is 4. The first kappa shape index (κ1) is 31.1. The van der Waals surface area contributed by atoms with Gasteiger partial charge in [-0.25, -0.2) is 9.59 Å². The number of thiophene rings is 1. The number of hydrogen-bond donors (Lipinski definition) is 3. The molecule has 9 nitrogen and oxygen atoms in total. The first-order valence-corrected chi connectivity index (χ1v) is 18.2. The van der Waals surface area contributed by atoms with Crippen LogP contribution in [0, 0.1) is 0 Å². The summed E-state index contributed by atoms with van der Waals surface area (Å²) in [7, 11) is 0. The summed E-state index contributed by atoms with van der Waals surface area (Å²) in [6, 6.07) is 6.87. The highest BCUT2D eigenvalue weighted by atomic mass is 79.9. The van der Waals surface area contributed by atoms with Gasteiger partial charge in [0.15, 0.2) is 0 Å². The van der Waals surface area contributed by atoms with E-state index >= 15 is 0 Å². The van der Waals surface area contributed by atoms with Gasteiger partial charge in [0, 0.05) is 51.6 Å². The third-order valence-corrected chi connectivity index (χ3v) is 11.9. The summed E-state index contributed by atoms with van der Waals surface area (Å²) in [5.74, 6) is 0. The summed E-state index contributed by atoms with van der Waals surface area (Å²) in [4.78, 5) is 36.7. The highest BCUT2D eigenvalue weighted by molar-refractivity contribution is 9.11. The number of piperidine rings is 3. The van der Waals surface area contributed by atoms with Crippen molar-refractivity contribution in [2.24, 2.45) is 0 Å². The second kappa shape index (κ2) is 14.1. The number of carbonyl (C=O) groups excluding carboxylic acids is 2. The minimum absolute atomic E-state index is 0.0103. The molecule has 43 heavy (non-hydrogen) atoms. The van der Waals surface area contributed by atoms with Crippen molar-refractivity contribution in [2.45, 2.75) is 76.0 Å². The van der Waals surface area contributed by atoms with E-state index in [-0.39, 0.29) is 24.1 Å². The monoisotopic (exact) mass is 735 g/mol. The van der Waals surface area contributed by atoms with Crippen molar-refractivity contribution in [3.8, 4) is 0 Å². The second-order valence-corrected chi connectivity index (χ2v) is 15.2. The lowest BCUT2D eigenvalue weighted by Gasteiger charge is -2.42. The van der Waals surface area contributed by atoms with Gasteiger partial charge in [0.1, 0.15) is 0 Å². The van der Waals surface area contributed by atoms with Crippen LogP contribution >= 0.6 is 43.2 Å². The Kier molecular flexibility index (Phi) is 10.2. The topological polar surface area (TPSA) is 97.2 Å². The minimum atomic E-state index is -0.0289. The van der Waals surface area contributed by atoms with E-state index in [9.17, 15) is 9.59 Å². The van der Waals surface area contributed by atoms with Crippen LogP contribution in [0.15, 0.2) is 32.5 Å². The Hall–Kier alpha value is -1.86. The maximum Gasteiger partial charge on any atom is 0.322 e. The molecule has 1 aromatic carbocycles. The first-order chi connectivity index (χ1) is 20.8. The normalized spacial score (nSPS) is 21.9. The average Bonchev–Trinajstić information content (AvgIpc) is 3.47. The zero-order valence-electron chi connectivity index (χ0n) is 24.7. The zero-order chi connectivity index (χ0) is 29.9. The molecule has 0 saturated carbocycles. The summed E-state index contributed by atoms with van der Waals surface area (Å²) < 4.78 is 1.73. The lowest BCUT2D eigenvalue weighted by molar-refractivity contribution is 0.0872. The number of urea groups is 2. The number of carbonyl (C=O) groups is 2. The van der Waals surface area contributed by atoms with Gasteiger partial charge in [-0.3, -0.25) is 0 Å². The number of likely N-dealkylation sites (tertiary alicyclic amines) is 3. The van der Waals surface area contributed by atoms with Gasteiger partial charge in [-0.05, 0) is 132 Å². The predicted octanol–water partition coefficient (Wildman–Crippen LogP) is 5.94. The number of rotatable bonds is 7. The highest BCUT2D eigenvalue weighted by Gasteiger charge is 2.34. The maximum atomic E-state index is 13.6. The van der Waals surface area contributed by atoms with Crippen molar-refractivity contribution in [2.75, 3.05) is 56.9 Å². The molecule has 4 aliphatic heterocycles. The molecule has 1 atom stereocenters. The zero-order valence-corrected chi connectivity index (χ0v) is 28.7. The van der Waals surface area contributed by atoms with Crippen LogP contribution in [0.5, 0.6) is 0 Å². The molecule has 0 spiro atoms. The van der Waals surface area contributed by atoms with E-state index in [4.69, 9.17) is 5.73 Å². The van der Waals surface area contributed by atoms with Gasteiger partial charge in [0.25, 0.3) is 0 Å². The van der Waals surface area contributed by atoms with E-state index < -0.39 is 0 Å². The molecule has 0 unspecified atom stereocenters. The van der Waals surface area contributed by atoms with Gasteiger partial charge in [-0.15, -0.1) is 11.3 Å². The molecule has 2 aromatic rings. The van der Waals surface area contributed by atoms with Crippen LogP contribution in [-0.2, 0) is 13.0 Å². The number of amides is 4. The molecular weight excluding hydrogens is 694 g/mol. The molecule has 5 heterocycles. The van der Waals surface area contributed by atoms with Crippen LogP contribution in [-0.4, -0.2) is 95.6 Å². The molecule has 3 fully saturated rings. The molecule has 0 bridgehead atoms. The van der Waals surface area contributed by atoms with Crippen LogP contribution in [0.25, 0.3) is 0 Å². The molecule has 12 heteroatoms. The van der Waals surface area contributed by atoms with Crippen molar-refractivity contribution in [3.63, 3.8) is 0 Å². The number of nitrogens with one attached hydrogen (secondary N) is 2. The molecule has 6 rings (SSSR count). The molecule has 3 saturated heterocycles. The Morgan fingerprint density at radius 2 is 1.67 bits per heavy atom. The van der Waals surface area contributed by atoms with Crippen LogP contribution < -0.4 is 16.4 Å². The van der Waals surface area contributed by atoms with Crippen molar-refractivity contribution in [3.05, 3.63) is 43.0 Å². The fraction of sp³-hybridized carbons (Fsp3) is 0.613. The Labute approximate surface area is 275 Å². The quantitative estimate of drug-likeness (QED) is 0.306. The van der Waals surface area contributed by atoms with Gasteiger partial charge >= 0.3 is 12.1 Å². The molecular formula is C31H43Br2N7O2S. The fourth-order valence-electron chi connectivity index (χ4n) is 7.19. The number of benzene rings is 1. The summed E-state index contributed by atoms with van der Waals surface area (Å²) in [5.41, 5.74) is 8.91. The SMILES string of the molecule is Nc1c(Br)cc(C[C@H](CN2CCC(N3CCCCC3)CC2)NC(=O)N2CCC(N3Cc4sccc4NC3=O)CC2)cc1Br. The smallest absolute Gasteiger partial charge is 0.322 e. The molecule has 4 N–H and O–H groups in total. The minimum Gasteiger partial charge on any atom is -0.397 e. The summed E-state index contributed by atoms with van der Waals surface area (Å²) in [6.45, 7) is 7.40. The molecule has 1 aromatic heterocycles. The van der Waals surface area contributed by atoms with Gasteiger partial charge in [0.05, 0.1) is 17.9 Å². The van der Waals surface area contributed by atoms with Gasteiger partial charge in [0.2, 0.25) is 0 Å².